The van der Waals surface area contributed by atoms with Crippen LogP contribution in [-0.4, -0.2) is 18.3 Å². The molecule has 0 saturated heterocycles. The minimum Gasteiger partial charge on any atom is -0.463 e. The van der Waals surface area contributed by atoms with E-state index in [9.17, 15) is 4.79 Å². The SMILES string of the molecule is CCCCS/C=C/C(=O)OCCC. The van der Waals surface area contributed by atoms with Crippen molar-refractivity contribution >= 4 is 17.7 Å². The lowest BCUT2D eigenvalue weighted by atomic mass is 10.4. The van der Waals surface area contributed by atoms with Gasteiger partial charge in [-0.15, -0.1) is 11.8 Å². The van der Waals surface area contributed by atoms with Gasteiger partial charge in [0.15, 0.2) is 0 Å². The zero-order valence-corrected chi connectivity index (χ0v) is 9.23. The summed E-state index contributed by atoms with van der Waals surface area (Å²) in [5.74, 6) is 0.847. The Hall–Kier alpha value is -0.440. The summed E-state index contributed by atoms with van der Waals surface area (Å²) in [6.45, 7) is 4.65. The Balaban J connectivity index is 3.31. The fraction of sp³-hybridized carbons (Fsp3) is 0.700. The number of ether oxygens (including phenoxy) is 1. The fourth-order valence-corrected chi connectivity index (χ4v) is 1.45. The fourth-order valence-electron chi connectivity index (χ4n) is 0.650. The lowest BCUT2D eigenvalue weighted by Gasteiger charge is -1.97. The van der Waals surface area contributed by atoms with Gasteiger partial charge in [0.05, 0.1) is 6.61 Å². The molecule has 0 aromatic heterocycles. The number of thioether (sulfide) groups is 1. The van der Waals surface area contributed by atoms with Crippen LogP contribution in [0.5, 0.6) is 0 Å². The minimum absolute atomic E-state index is 0.231. The van der Waals surface area contributed by atoms with E-state index in [1.165, 1.54) is 18.9 Å². The van der Waals surface area contributed by atoms with Gasteiger partial charge in [-0.3, -0.25) is 0 Å². The first kappa shape index (κ1) is 12.6. The normalized spacial score (nSPS) is 10.6. The monoisotopic (exact) mass is 202 g/mol. The van der Waals surface area contributed by atoms with E-state index in [4.69, 9.17) is 4.74 Å². The molecule has 0 aliphatic carbocycles. The van der Waals surface area contributed by atoms with Crippen LogP contribution in [0, 0.1) is 0 Å². The van der Waals surface area contributed by atoms with Crippen LogP contribution in [0.1, 0.15) is 33.1 Å². The second-order valence-corrected chi connectivity index (χ2v) is 3.71. The smallest absolute Gasteiger partial charge is 0.331 e. The van der Waals surface area contributed by atoms with Crippen LogP contribution < -0.4 is 0 Å². The number of hydrogen-bond acceptors (Lipinski definition) is 3. The van der Waals surface area contributed by atoms with Crippen molar-refractivity contribution in [2.75, 3.05) is 12.4 Å². The van der Waals surface area contributed by atoms with Crippen molar-refractivity contribution in [2.24, 2.45) is 0 Å². The lowest BCUT2D eigenvalue weighted by molar-refractivity contribution is -0.137. The maximum atomic E-state index is 10.9. The van der Waals surface area contributed by atoms with E-state index < -0.39 is 0 Å². The maximum Gasteiger partial charge on any atom is 0.331 e. The van der Waals surface area contributed by atoms with Gasteiger partial charge in [0.25, 0.3) is 0 Å². The number of rotatable bonds is 7. The number of carbonyl (C=O) groups excluding carboxylic acids is 1. The Morgan fingerprint density at radius 3 is 2.77 bits per heavy atom. The summed E-state index contributed by atoms with van der Waals surface area (Å²) in [5.41, 5.74) is 0. The molecule has 0 heterocycles. The Labute approximate surface area is 84.7 Å². The zero-order valence-electron chi connectivity index (χ0n) is 8.41. The van der Waals surface area contributed by atoms with Gasteiger partial charge in [0.2, 0.25) is 0 Å². The minimum atomic E-state index is -0.231. The highest BCUT2D eigenvalue weighted by atomic mass is 32.2. The van der Waals surface area contributed by atoms with E-state index >= 15 is 0 Å². The van der Waals surface area contributed by atoms with Gasteiger partial charge in [-0.1, -0.05) is 20.3 Å². The van der Waals surface area contributed by atoms with Crippen LogP contribution in [0.4, 0.5) is 0 Å². The molecule has 0 fully saturated rings. The molecule has 0 saturated carbocycles. The largest absolute Gasteiger partial charge is 0.463 e. The molecule has 0 bridgehead atoms. The molecule has 0 aliphatic heterocycles. The summed E-state index contributed by atoms with van der Waals surface area (Å²) < 4.78 is 4.86. The van der Waals surface area contributed by atoms with Crippen LogP contribution in [0.15, 0.2) is 11.5 Å². The Bertz CT molecular complexity index is 155. The van der Waals surface area contributed by atoms with Crippen molar-refractivity contribution in [1.29, 1.82) is 0 Å². The van der Waals surface area contributed by atoms with Gasteiger partial charge in [-0.2, -0.15) is 0 Å². The van der Waals surface area contributed by atoms with Gasteiger partial charge < -0.3 is 4.74 Å². The van der Waals surface area contributed by atoms with Gasteiger partial charge >= 0.3 is 5.97 Å². The molecule has 3 heteroatoms. The molecule has 0 amide bonds. The first-order valence-electron chi connectivity index (χ1n) is 4.76. The van der Waals surface area contributed by atoms with E-state index in [1.54, 1.807) is 11.8 Å². The second-order valence-electron chi connectivity index (χ2n) is 2.69. The van der Waals surface area contributed by atoms with Gasteiger partial charge in [-0.05, 0) is 24.0 Å². The molecule has 2 nitrogen and oxygen atoms in total. The van der Waals surface area contributed by atoms with E-state index in [1.807, 2.05) is 12.3 Å². The highest BCUT2D eigenvalue weighted by Crippen LogP contribution is 2.05. The van der Waals surface area contributed by atoms with Crippen LogP contribution in [0.3, 0.4) is 0 Å². The van der Waals surface area contributed by atoms with Crippen molar-refractivity contribution in [2.45, 2.75) is 33.1 Å². The maximum absolute atomic E-state index is 10.9. The summed E-state index contributed by atoms with van der Waals surface area (Å²) in [5, 5.41) is 1.81. The molecule has 0 radical (unpaired) electrons. The van der Waals surface area contributed by atoms with Crippen molar-refractivity contribution in [3.8, 4) is 0 Å². The van der Waals surface area contributed by atoms with Gasteiger partial charge in [0, 0.05) is 6.08 Å². The molecular weight excluding hydrogens is 184 g/mol. The summed E-state index contributed by atoms with van der Waals surface area (Å²) in [7, 11) is 0. The number of unbranched alkanes of at least 4 members (excludes halogenated alkanes) is 1. The molecule has 0 spiro atoms. The average Bonchev–Trinajstić information content (AvgIpc) is 2.14. The summed E-state index contributed by atoms with van der Waals surface area (Å²) in [4.78, 5) is 10.9. The number of hydrogen-bond donors (Lipinski definition) is 0. The van der Waals surface area contributed by atoms with Crippen molar-refractivity contribution < 1.29 is 9.53 Å². The zero-order chi connectivity index (χ0) is 9.94. The molecule has 0 aromatic carbocycles. The third-order valence-electron chi connectivity index (χ3n) is 1.36. The Morgan fingerprint density at radius 2 is 2.15 bits per heavy atom. The Kier molecular flexibility index (Phi) is 9.32. The van der Waals surface area contributed by atoms with E-state index in [-0.39, 0.29) is 5.97 Å². The molecule has 0 unspecified atom stereocenters. The Morgan fingerprint density at radius 1 is 1.38 bits per heavy atom. The lowest BCUT2D eigenvalue weighted by Crippen LogP contribution is -2.00. The average molecular weight is 202 g/mol. The molecule has 0 atom stereocenters. The molecule has 0 aromatic rings. The third-order valence-corrected chi connectivity index (χ3v) is 2.22. The van der Waals surface area contributed by atoms with E-state index in [0.29, 0.717) is 6.61 Å². The van der Waals surface area contributed by atoms with Crippen molar-refractivity contribution in [3.63, 3.8) is 0 Å². The molecule has 0 aliphatic rings. The molecule has 0 rings (SSSR count). The molecule has 13 heavy (non-hydrogen) atoms. The standard InChI is InChI=1S/C10H18O2S/c1-3-5-8-13-9-6-10(11)12-7-4-2/h6,9H,3-5,7-8H2,1-2H3/b9-6+. The first-order valence-corrected chi connectivity index (χ1v) is 5.81. The van der Waals surface area contributed by atoms with Crippen LogP contribution in [0.2, 0.25) is 0 Å². The molecule has 76 valence electrons. The highest BCUT2D eigenvalue weighted by molar-refractivity contribution is 8.02. The van der Waals surface area contributed by atoms with Crippen LogP contribution in [0.25, 0.3) is 0 Å². The highest BCUT2D eigenvalue weighted by Gasteiger charge is 1.93. The quantitative estimate of drug-likeness (QED) is 0.360. The van der Waals surface area contributed by atoms with Crippen LogP contribution in [-0.2, 0) is 9.53 Å². The van der Waals surface area contributed by atoms with Crippen molar-refractivity contribution in [1.82, 2.24) is 0 Å². The van der Waals surface area contributed by atoms with Crippen molar-refractivity contribution in [3.05, 3.63) is 11.5 Å². The number of carbonyl (C=O) groups is 1. The van der Waals surface area contributed by atoms with Crippen LogP contribution >= 0.6 is 11.8 Å². The second kappa shape index (κ2) is 9.65. The topological polar surface area (TPSA) is 26.3 Å². The first-order chi connectivity index (χ1) is 6.31. The molecule has 0 N–H and O–H groups in total. The summed E-state index contributed by atoms with van der Waals surface area (Å²) in [6.07, 6.45) is 4.76. The van der Waals surface area contributed by atoms with E-state index in [0.717, 1.165) is 12.2 Å². The third kappa shape index (κ3) is 9.47. The van der Waals surface area contributed by atoms with Gasteiger partial charge in [0.1, 0.15) is 0 Å². The molecular formula is C10H18O2S. The predicted octanol–water partition coefficient (Wildman–Crippen LogP) is 2.99. The summed E-state index contributed by atoms with van der Waals surface area (Å²) >= 11 is 1.66. The number of esters is 1. The van der Waals surface area contributed by atoms with Gasteiger partial charge in [-0.25, -0.2) is 4.79 Å². The predicted molar refractivity (Wildman–Crippen MR) is 57.8 cm³/mol. The van der Waals surface area contributed by atoms with E-state index in [2.05, 4.69) is 6.92 Å². The summed E-state index contributed by atoms with van der Waals surface area (Å²) in [6, 6.07) is 0.